The molecule has 4 nitrogen and oxygen atoms in total. The summed E-state index contributed by atoms with van der Waals surface area (Å²) in [6.07, 6.45) is 7.50. The molecule has 19 heavy (non-hydrogen) atoms. The number of amides is 1. The number of ether oxygens (including phenoxy) is 1. The van der Waals surface area contributed by atoms with Crippen molar-refractivity contribution >= 4 is 17.3 Å². The number of terminal acetylenes is 1. The Morgan fingerprint density at radius 3 is 2.84 bits per heavy atom. The molecular weight excluding hydrogens is 247 g/mol. The topological polar surface area (TPSA) is 55.6 Å². The predicted molar refractivity (Wildman–Crippen MR) is 69.2 cm³/mol. The molecule has 1 aromatic rings. The second-order valence-corrected chi connectivity index (χ2v) is 4.89. The molecule has 5 heteroatoms. The molecule has 1 aliphatic carbocycles. The van der Waals surface area contributed by atoms with Crippen molar-refractivity contribution in [2.45, 2.75) is 24.9 Å². The van der Waals surface area contributed by atoms with Crippen LogP contribution in [0.4, 0.5) is 15.8 Å². The number of fused-ring (bicyclic) bond motifs is 1. The molecule has 0 aromatic heterocycles. The van der Waals surface area contributed by atoms with Crippen LogP contribution in [0.3, 0.4) is 0 Å². The fourth-order valence-electron chi connectivity index (χ4n) is 2.52. The summed E-state index contributed by atoms with van der Waals surface area (Å²) in [5, 5.41) is 0. The van der Waals surface area contributed by atoms with E-state index in [0.29, 0.717) is 24.3 Å². The summed E-state index contributed by atoms with van der Waals surface area (Å²) in [4.78, 5) is 13.9. The highest BCUT2D eigenvalue weighted by atomic mass is 19.1. The van der Waals surface area contributed by atoms with E-state index in [1.165, 1.54) is 17.0 Å². The molecule has 1 aromatic carbocycles. The van der Waals surface area contributed by atoms with E-state index in [-0.39, 0.29) is 18.1 Å². The number of hydrogen-bond acceptors (Lipinski definition) is 3. The number of nitrogens with zero attached hydrogens (tertiary/aromatic N) is 1. The van der Waals surface area contributed by atoms with Gasteiger partial charge in [0, 0.05) is 6.07 Å². The van der Waals surface area contributed by atoms with Crippen LogP contribution < -0.4 is 15.4 Å². The molecule has 0 radical (unpaired) electrons. The highest BCUT2D eigenvalue weighted by Crippen LogP contribution is 2.47. The Labute approximate surface area is 110 Å². The van der Waals surface area contributed by atoms with Gasteiger partial charge in [0.15, 0.2) is 5.60 Å². The number of nitrogens with two attached hydrogens (primary N) is 1. The zero-order valence-corrected chi connectivity index (χ0v) is 10.3. The van der Waals surface area contributed by atoms with Crippen molar-refractivity contribution in [3.63, 3.8) is 0 Å². The Kier molecular flexibility index (Phi) is 2.42. The van der Waals surface area contributed by atoms with E-state index >= 15 is 0 Å². The average Bonchev–Trinajstić information content (AvgIpc) is 2.33. The van der Waals surface area contributed by atoms with Gasteiger partial charge in [-0.1, -0.05) is 5.92 Å². The number of anilines is 2. The van der Waals surface area contributed by atoms with Crippen LogP contribution >= 0.6 is 0 Å². The molecule has 1 fully saturated rings. The van der Waals surface area contributed by atoms with Crippen molar-refractivity contribution in [3.8, 4) is 18.1 Å². The van der Waals surface area contributed by atoms with E-state index in [0.717, 1.165) is 6.42 Å². The van der Waals surface area contributed by atoms with Crippen LogP contribution in [0.5, 0.6) is 5.75 Å². The third-order valence-corrected chi connectivity index (χ3v) is 3.72. The van der Waals surface area contributed by atoms with E-state index in [9.17, 15) is 9.18 Å². The van der Waals surface area contributed by atoms with Crippen LogP contribution in [0.15, 0.2) is 12.1 Å². The SMILES string of the molecule is C#CCN1C(=O)C2(CCC2)Oc2cc(F)c(N)cc21. The maximum absolute atomic E-state index is 13.5. The molecule has 2 N–H and O–H groups in total. The van der Waals surface area contributed by atoms with Gasteiger partial charge in [-0.15, -0.1) is 6.42 Å². The maximum Gasteiger partial charge on any atom is 0.272 e. The Balaban J connectivity index is 2.12. The second-order valence-electron chi connectivity index (χ2n) is 4.89. The van der Waals surface area contributed by atoms with Crippen LogP contribution in [-0.4, -0.2) is 18.1 Å². The standard InChI is InChI=1S/C14H13FN2O2/c1-2-6-17-11-8-10(16)9(15)7-12(11)19-14(13(17)18)4-3-5-14/h1,7-8H,3-6,16H2. The minimum absolute atomic E-state index is 0.0262. The summed E-state index contributed by atoms with van der Waals surface area (Å²) >= 11 is 0. The van der Waals surface area contributed by atoms with Gasteiger partial charge in [-0.25, -0.2) is 4.39 Å². The molecule has 0 unspecified atom stereocenters. The van der Waals surface area contributed by atoms with E-state index < -0.39 is 11.4 Å². The summed E-state index contributed by atoms with van der Waals surface area (Å²) in [5.74, 6) is 2.07. The monoisotopic (exact) mass is 260 g/mol. The van der Waals surface area contributed by atoms with Crippen LogP contribution in [-0.2, 0) is 4.79 Å². The van der Waals surface area contributed by atoms with E-state index in [2.05, 4.69) is 5.92 Å². The molecule has 1 heterocycles. The van der Waals surface area contributed by atoms with Gasteiger partial charge >= 0.3 is 0 Å². The lowest BCUT2D eigenvalue weighted by Crippen LogP contribution is -2.60. The van der Waals surface area contributed by atoms with Crippen molar-refractivity contribution in [3.05, 3.63) is 17.9 Å². The fraction of sp³-hybridized carbons (Fsp3) is 0.357. The average molecular weight is 260 g/mol. The molecule has 1 spiro atoms. The Morgan fingerprint density at radius 2 is 2.26 bits per heavy atom. The molecule has 0 saturated heterocycles. The maximum atomic E-state index is 13.5. The molecule has 0 atom stereocenters. The van der Waals surface area contributed by atoms with Crippen molar-refractivity contribution in [2.75, 3.05) is 17.2 Å². The minimum Gasteiger partial charge on any atom is -0.475 e. The van der Waals surface area contributed by atoms with Gasteiger partial charge in [-0.2, -0.15) is 0 Å². The van der Waals surface area contributed by atoms with Crippen molar-refractivity contribution in [1.82, 2.24) is 0 Å². The van der Waals surface area contributed by atoms with Gasteiger partial charge in [-0.3, -0.25) is 9.69 Å². The number of carbonyl (C=O) groups is 1. The van der Waals surface area contributed by atoms with Gasteiger partial charge in [0.2, 0.25) is 0 Å². The third-order valence-electron chi connectivity index (χ3n) is 3.72. The van der Waals surface area contributed by atoms with Crippen LogP contribution in [0.1, 0.15) is 19.3 Å². The summed E-state index contributed by atoms with van der Waals surface area (Å²) < 4.78 is 19.3. The first-order chi connectivity index (χ1) is 9.07. The second kappa shape index (κ2) is 3.89. The van der Waals surface area contributed by atoms with Crippen molar-refractivity contribution in [2.24, 2.45) is 0 Å². The lowest BCUT2D eigenvalue weighted by Gasteiger charge is -2.47. The summed E-state index contributed by atoms with van der Waals surface area (Å²) in [6.45, 7) is 0.127. The van der Waals surface area contributed by atoms with Crippen molar-refractivity contribution in [1.29, 1.82) is 0 Å². The summed E-state index contributed by atoms with van der Waals surface area (Å²) in [7, 11) is 0. The number of benzene rings is 1. The molecule has 3 rings (SSSR count). The molecule has 1 aliphatic heterocycles. The highest BCUT2D eigenvalue weighted by molar-refractivity contribution is 6.04. The zero-order chi connectivity index (χ0) is 13.6. The van der Waals surface area contributed by atoms with Gasteiger partial charge in [0.25, 0.3) is 5.91 Å². The van der Waals surface area contributed by atoms with Gasteiger partial charge < -0.3 is 10.5 Å². The summed E-state index contributed by atoms with van der Waals surface area (Å²) in [6, 6.07) is 2.62. The Hall–Kier alpha value is -2.22. The third kappa shape index (κ3) is 1.56. The van der Waals surface area contributed by atoms with Gasteiger partial charge in [-0.05, 0) is 25.3 Å². The normalized spacial score (nSPS) is 19.4. The fourth-order valence-corrected chi connectivity index (χ4v) is 2.52. The summed E-state index contributed by atoms with van der Waals surface area (Å²) in [5.41, 5.74) is 5.10. The lowest BCUT2D eigenvalue weighted by atomic mass is 9.77. The van der Waals surface area contributed by atoms with Crippen molar-refractivity contribution < 1.29 is 13.9 Å². The largest absolute Gasteiger partial charge is 0.475 e. The number of halogens is 1. The molecule has 1 amide bonds. The van der Waals surface area contributed by atoms with E-state index in [1.54, 1.807) is 0 Å². The number of carbonyl (C=O) groups excluding carboxylic acids is 1. The van der Waals surface area contributed by atoms with Crippen LogP contribution in [0, 0.1) is 18.2 Å². The first kappa shape index (κ1) is 11.8. The Bertz CT molecular complexity index is 602. The molecule has 2 aliphatic rings. The molecular formula is C14H13FN2O2. The quantitative estimate of drug-likeness (QED) is 0.617. The molecule has 98 valence electrons. The Morgan fingerprint density at radius 1 is 1.53 bits per heavy atom. The number of nitrogen functional groups attached to an aromatic ring is 1. The first-order valence-electron chi connectivity index (χ1n) is 6.11. The molecule has 0 bridgehead atoms. The van der Waals surface area contributed by atoms with E-state index in [4.69, 9.17) is 16.9 Å². The van der Waals surface area contributed by atoms with E-state index in [1.807, 2.05) is 0 Å². The predicted octanol–water partition coefficient (Wildman–Crippen LogP) is 1.69. The molecule has 1 saturated carbocycles. The minimum atomic E-state index is -0.855. The lowest BCUT2D eigenvalue weighted by molar-refractivity contribution is -0.143. The van der Waals surface area contributed by atoms with Gasteiger partial charge in [0.05, 0.1) is 17.9 Å². The first-order valence-corrected chi connectivity index (χ1v) is 6.11. The highest BCUT2D eigenvalue weighted by Gasteiger charge is 2.52. The van der Waals surface area contributed by atoms with Gasteiger partial charge in [0.1, 0.15) is 11.6 Å². The van der Waals surface area contributed by atoms with Crippen LogP contribution in [0.2, 0.25) is 0 Å². The van der Waals surface area contributed by atoms with Crippen LogP contribution in [0.25, 0.3) is 0 Å². The smallest absolute Gasteiger partial charge is 0.272 e. The zero-order valence-electron chi connectivity index (χ0n) is 10.3. The number of hydrogen-bond donors (Lipinski definition) is 1. The number of rotatable bonds is 1.